The van der Waals surface area contributed by atoms with Crippen molar-refractivity contribution in [2.75, 3.05) is 10.7 Å². The molecular formula is C10H9Br2F3O2. The molecular weight excluding hydrogens is 369 g/mol. The Bertz CT molecular complexity index is 370. The number of hydrogen-bond acceptors (Lipinski definition) is 1. The molecule has 1 unspecified atom stereocenters. The van der Waals surface area contributed by atoms with E-state index in [9.17, 15) is 18.0 Å². The van der Waals surface area contributed by atoms with Crippen LogP contribution in [0.3, 0.4) is 0 Å². The standard InChI is InChI=1S/C10H9Br2F3O2/c11-4-9(5-12)3-6(10(13,14)15)1-2-7(9)8(16)17/h1-3,7H,4-5H2,(H,16,17). The quantitative estimate of drug-likeness (QED) is 0.764. The minimum absolute atomic E-state index is 0.131. The highest BCUT2D eigenvalue weighted by Gasteiger charge is 2.45. The molecule has 96 valence electrons. The SMILES string of the molecule is O=C(O)C1C=CC(C(F)(F)F)=CC1(CBr)CBr. The minimum Gasteiger partial charge on any atom is -0.481 e. The third-order valence-corrected chi connectivity index (χ3v) is 4.71. The predicted octanol–water partition coefficient (Wildman–Crippen LogP) is 3.52. The van der Waals surface area contributed by atoms with E-state index in [2.05, 4.69) is 31.9 Å². The lowest BCUT2D eigenvalue weighted by Gasteiger charge is -2.34. The molecule has 0 aromatic rings. The van der Waals surface area contributed by atoms with Crippen molar-refractivity contribution >= 4 is 37.8 Å². The fourth-order valence-electron chi connectivity index (χ4n) is 1.62. The summed E-state index contributed by atoms with van der Waals surface area (Å²) in [6, 6.07) is 0. The zero-order chi connectivity index (χ0) is 13.3. The van der Waals surface area contributed by atoms with Crippen molar-refractivity contribution in [1.29, 1.82) is 0 Å². The van der Waals surface area contributed by atoms with Gasteiger partial charge in [0.25, 0.3) is 0 Å². The second kappa shape index (κ2) is 5.14. The van der Waals surface area contributed by atoms with Crippen molar-refractivity contribution in [2.45, 2.75) is 6.18 Å². The van der Waals surface area contributed by atoms with E-state index in [0.717, 1.165) is 18.2 Å². The Morgan fingerprint density at radius 1 is 1.41 bits per heavy atom. The first kappa shape index (κ1) is 14.8. The lowest BCUT2D eigenvalue weighted by atomic mass is 9.74. The Labute approximate surface area is 113 Å². The molecule has 0 aliphatic heterocycles. The van der Waals surface area contributed by atoms with Crippen LogP contribution < -0.4 is 0 Å². The number of carbonyl (C=O) groups is 1. The second-order valence-electron chi connectivity index (χ2n) is 3.77. The zero-order valence-electron chi connectivity index (χ0n) is 8.47. The lowest BCUT2D eigenvalue weighted by Crippen LogP contribution is -2.39. The van der Waals surface area contributed by atoms with Crippen LogP contribution in [0.5, 0.6) is 0 Å². The highest BCUT2D eigenvalue weighted by atomic mass is 79.9. The van der Waals surface area contributed by atoms with Crippen LogP contribution in [-0.2, 0) is 4.79 Å². The Hall–Kier alpha value is -0.300. The summed E-state index contributed by atoms with van der Waals surface area (Å²) in [6.45, 7) is 0. The van der Waals surface area contributed by atoms with Gasteiger partial charge in [-0.2, -0.15) is 13.2 Å². The summed E-state index contributed by atoms with van der Waals surface area (Å²) in [6.07, 6.45) is -1.57. The lowest BCUT2D eigenvalue weighted by molar-refractivity contribution is -0.142. The molecule has 1 atom stereocenters. The molecule has 0 aromatic heterocycles. The molecule has 0 spiro atoms. The molecule has 0 fully saturated rings. The Morgan fingerprint density at radius 2 is 1.94 bits per heavy atom. The van der Waals surface area contributed by atoms with Gasteiger partial charge in [-0.15, -0.1) is 0 Å². The number of aliphatic carboxylic acids is 1. The fraction of sp³-hybridized carbons (Fsp3) is 0.500. The van der Waals surface area contributed by atoms with Gasteiger partial charge in [-0.1, -0.05) is 50.1 Å². The number of allylic oxidation sites excluding steroid dienone is 3. The van der Waals surface area contributed by atoms with Gasteiger partial charge in [0, 0.05) is 16.1 Å². The van der Waals surface area contributed by atoms with E-state index < -0.39 is 29.1 Å². The van der Waals surface area contributed by atoms with Crippen LogP contribution in [-0.4, -0.2) is 27.9 Å². The predicted molar refractivity (Wildman–Crippen MR) is 64.4 cm³/mol. The van der Waals surface area contributed by atoms with E-state index in [1.807, 2.05) is 0 Å². The number of carboxylic acid groups (broad SMARTS) is 1. The summed E-state index contributed by atoms with van der Waals surface area (Å²) in [5.74, 6) is -2.12. The molecule has 0 saturated carbocycles. The monoisotopic (exact) mass is 376 g/mol. The molecule has 0 amide bonds. The van der Waals surface area contributed by atoms with E-state index in [1.54, 1.807) is 0 Å². The maximum atomic E-state index is 12.6. The Morgan fingerprint density at radius 3 is 2.29 bits per heavy atom. The first-order valence-electron chi connectivity index (χ1n) is 4.60. The van der Waals surface area contributed by atoms with Gasteiger partial charge in [0.1, 0.15) is 0 Å². The van der Waals surface area contributed by atoms with Gasteiger partial charge in [-0.25, -0.2) is 0 Å². The number of hydrogen-bond donors (Lipinski definition) is 1. The van der Waals surface area contributed by atoms with Gasteiger partial charge >= 0.3 is 12.1 Å². The number of carboxylic acids is 1. The van der Waals surface area contributed by atoms with Crippen LogP contribution in [0.15, 0.2) is 23.8 Å². The Kier molecular flexibility index (Phi) is 4.46. The van der Waals surface area contributed by atoms with E-state index >= 15 is 0 Å². The van der Waals surface area contributed by atoms with Crippen LogP contribution in [0.25, 0.3) is 0 Å². The molecule has 0 radical (unpaired) electrons. The van der Waals surface area contributed by atoms with Gasteiger partial charge in [0.15, 0.2) is 0 Å². The van der Waals surface area contributed by atoms with Crippen molar-refractivity contribution in [1.82, 2.24) is 0 Å². The Balaban J connectivity index is 3.22. The molecule has 0 aromatic carbocycles. The highest BCUT2D eigenvalue weighted by molar-refractivity contribution is 9.09. The van der Waals surface area contributed by atoms with Crippen LogP contribution in [0.4, 0.5) is 13.2 Å². The third kappa shape index (κ3) is 2.93. The molecule has 0 bridgehead atoms. The first-order chi connectivity index (χ1) is 7.77. The maximum absolute atomic E-state index is 12.6. The van der Waals surface area contributed by atoms with Gasteiger partial charge in [-0.3, -0.25) is 4.79 Å². The summed E-state index contributed by atoms with van der Waals surface area (Å²) < 4.78 is 37.8. The van der Waals surface area contributed by atoms with Gasteiger partial charge in [0.2, 0.25) is 0 Å². The zero-order valence-corrected chi connectivity index (χ0v) is 11.6. The minimum atomic E-state index is -4.46. The third-order valence-electron chi connectivity index (χ3n) is 2.62. The van der Waals surface area contributed by atoms with E-state index in [0.29, 0.717) is 0 Å². The van der Waals surface area contributed by atoms with Gasteiger partial charge in [-0.05, 0) is 0 Å². The molecule has 17 heavy (non-hydrogen) atoms. The number of alkyl halides is 5. The summed E-state index contributed by atoms with van der Waals surface area (Å²) >= 11 is 6.18. The molecule has 1 aliphatic carbocycles. The molecule has 1 N–H and O–H groups in total. The molecule has 7 heteroatoms. The summed E-state index contributed by atoms with van der Waals surface area (Å²) in [5.41, 5.74) is -1.92. The summed E-state index contributed by atoms with van der Waals surface area (Å²) in [4.78, 5) is 11.0. The molecule has 0 saturated heterocycles. The van der Waals surface area contributed by atoms with Gasteiger partial charge < -0.3 is 5.11 Å². The van der Waals surface area contributed by atoms with Crippen molar-refractivity contribution < 1.29 is 23.1 Å². The first-order valence-corrected chi connectivity index (χ1v) is 6.84. The smallest absolute Gasteiger partial charge is 0.416 e. The van der Waals surface area contributed by atoms with Crippen molar-refractivity contribution in [2.24, 2.45) is 11.3 Å². The average molecular weight is 378 g/mol. The number of rotatable bonds is 3. The number of halogens is 5. The van der Waals surface area contributed by atoms with Gasteiger partial charge in [0.05, 0.1) is 11.5 Å². The highest BCUT2D eigenvalue weighted by Crippen LogP contribution is 2.43. The molecule has 1 rings (SSSR count). The summed E-state index contributed by atoms with van der Waals surface area (Å²) in [7, 11) is 0. The average Bonchev–Trinajstić information content (AvgIpc) is 2.26. The van der Waals surface area contributed by atoms with E-state index in [1.165, 1.54) is 0 Å². The topological polar surface area (TPSA) is 37.3 Å². The van der Waals surface area contributed by atoms with Crippen LogP contribution in [0.2, 0.25) is 0 Å². The maximum Gasteiger partial charge on any atom is 0.416 e. The summed E-state index contributed by atoms with van der Waals surface area (Å²) in [5, 5.41) is 9.28. The van der Waals surface area contributed by atoms with Crippen molar-refractivity contribution in [3.05, 3.63) is 23.8 Å². The van der Waals surface area contributed by atoms with Crippen molar-refractivity contribution in [3.8, 4) is 0 Å². The molecule has 2 nitrogen and oxygen atoms in total. The van der Waals surface area contributed by atoms with Crippen LogP contribution in [0, 0.1) is 11.3 Å². The van der Waals surface area contributed by atoms with E-state index in [4.69, 9.17) is 5.11 Å². The molecule has 0 heterocycles. The normalized spacial score (nSPS) is 23.4. The van der Waals surface area contributed by atoms with Crippen LogP contribution in [0.1, 0.15) is 0 Å². The largest absolute Gasteiger partial charge is 0.481 e. The fourth-order valence-corrected chi connectivity index (χ4v) is 3.57. The van der Waals surface area contributed by atoms with E-state index in [-0.39, 0.29) is 10.7 Å². The van der Waals surface area contributed by atoms with Crippen molar-refractivity contribution in [3.63, 3.8) is 0 Å². The molecule has 1 aliphatic rings. The second-order valence-corrected chi connectivity index (χ2v) is 4.89. The van der Waals surface area contributed by atoms with Crippen LogP contribution >= 0.6 is 31.9 Å².